The number of rotatable bonds is 4. The molecule has 5 heteroatoms. The number of carbonyl (C=O) groups excluding carboxylic acids is 2. The second-order valence-electron chi connectivity index (χ2n) is 6.58. The summed E-state index contributed by atoms with van der Waals surface area (Å²) >= 11 is 0. The fourth-order valence-electron chi connectivity index (χ4n) is 3.71. The van der Waals surface area contributed by atoms with Crippen LogP contribution >= 0.6 is 0 Å². The molecule has 0 aromatic heterocycles. The van der Waals surface area contributed by atoms with Gasteiger partial charge in [-0.15, -0.1) is 0 Å². The van der Waals surface area contributed by atoms with Crippen LogP contribution in [0.25, 0.3) is 0 Å². The summed E-state index contributed by atoms with van der Waals surface area (Å²) in [5.41, 5.74) is 2.53. The van der Waals surface area contributed by atoms with Crippen molar-refractivity contribution >= 4 is 11.9 Å². The third kappa shape index (κ3) is 3.24. The first kappa shape index (κ1) is 16.0. The van der Waals surface area contributed by atoms with Crippen LogP contribution in [0, 0.1) is 11.8 Å². The monoisotopic (exact) mass is 317 g/mol. The highest BCUT2D eigenvalue weighted by Gasteiger charge is 2.32. The van der Waals surface area contributed by atoms with Crippen molar-refractivity contribution in [3.63, 3.8) is 0 Å². The van der Waals surface area contributed by atoms with E-state index in [4.69, 9.17) is 4.74 Å². The number of benzene rings is 1. The lowest BCUT2D eigenvalue weighted by Gasteiger charge is -2.30. The van der Waals surface area contributed by atoms with Gasteiger partial charge >= 0.3 is 5.97 Å². The van der Waals surface area contributed by atoms with Crippen LogP contribution in [-0.2, 0) is 22.7 Å². The van der Waals surface area contributed by atoms with Crippen molar-refractivity contribution in [1.82, 2.24) is 4.90 Å². The van der Waals surface area contributed by atoms with Gasteiger partial charge in [0, 0.05) is 18.7 Å². The summed E-state index contributed by atoms with van der Waals surface area (Å²) in [5, 5.41) is 9.21. The van der Waals surface area contributed by atoms with Gasteiger partial charge in [-0.25, -0.2) is 0 Å². The zero-order valence-electron chi connectivity index (χ0n) is 13.5. The highest BCUT2D eigenvalue weighted by Crippen LogP contribution is 2.32. The number of methoxy groups -OCH3 is 1. The molecule has 1 N–H and O–H groups in total. The number of fused-ring (bicyclic) bond motifs is 1. The number of aliphatic hydroxyl groups excluding tert-OH is 1. The third-order valence-corrected chi connectivity index (χ3v) is 5.10. The SMILES string of the molecule is COC(=O)C1CCC(CN2Cc3ccc(CO)cc3C2=O)CC1. The predicted octanol–water partition coefficient (Wildman–Crippen LogP) is 2.11. The lowest BCUT2D eigenvalue weighted by atomic mass is 9.82. The van der Waals surface area contributed by atoms with Crippen LogP contribution in [-0.4, -0.2) is 35.5 Å². The number of hydrogen-bond donors (Lipinski definition) is 1. The summed E-state index contributed by atoms with van der Waals surface area (Å²) in [6, 6.07) is 5.61. The molecular formula is C18H23NO4. The van der Waals surface area contributed by atoms with E-state index in [2.05, 4.69) is 0 Å². The van der Waals surface area contributed by atoms with Gasteiger partial charge in [0.1, 0.15) is 0 Å². The van der Waals surface area contributed by atoms with Crippen LogP contribution in [0.15, 0.2) is 18.2 Å². The van der Waals surface area contributed by atoms with E-state index in [1.165, 1.54) is 7.11 Å². The van der Waals surface area contributed by atoms with Crippen molar-refractivity contribution in [3.8, 4) is 0 Å². The lowest BCUT2D eigenvalue weighted by molar-refractivity contribution is -0.146. The molecule has 0 unspecified atom stereocenters. The summed E-state index contributed by atoms with van der Waals surface area (Å²) in [6.07, 6.45) is 3.62. The molecule has 1 aliphatic heterocycles. The minimum absolute atomic E-state index is 0.0230. The van der Waals surface area contributed by atoms with E-state index in [9.17, 15) is 14.7 Å². The van der Waals surface area contributed by atoms with Gasteiger partial charge in [-0.1, -0.05) is 12.1 Å². The van der Waals surface area contributed by atoms with Crippen LogP contribution < -0.4 is 0 Å². The molecule has 1 aliphatic carbocycles. The van der Waals surface area contributed by atoms with Crippen molar-refractivity contribution in [2.24, 2.45) is 11.8 Å². The Bertz CT molecular complexity index is 605. The molecule has 0 atom stereocenters. The normalized spacial score (nSPS) is 23.7. The molecule has 0 radical (unpaired) electrons. The van der Waals surface area contributed by atoms with Crippen molar-refractivity contribution < 1.29 is 19.4 Å². The predicted molar refractivity (Wildman–Crippen MR) is 84.6 cm³/mol. The number of nitrogens with zero attached hydrogens (tertiary/aromatic N) is 1. The van der Waals surface area contributed by atoms with Gasteiger partial charge < -0.3 is 14.7 Å². The Balaban J connectivity index is 1.58. The fourth-order valence-corrected chi connectivity index (χ4v) is 3.71. The Hall–Kier alpha value is -1.88. The maximum absolute atomic E-state index is 12.5. The number of carbonyl (C=O) groups is 2. The van der Waals surface area contributed by atoms with Crippen molar-refractivity contribution in [2.75, 3.05) is 13.7 Å². The fraction of sp³-hybridized carbons (Fsp3) is 0.556. The molecule has 0 spiro atoms. The van der Waals surface area contributed by atoms with Gasteiger partial charge in [-0.3, -0.25) is 9.59 Å². The molecule has 1 heterocycles. The molecule has 3 rings (SSSR count). The largest absolute Gasteiger partial charge is 0.469 e. The number of hydrogen-bond acceptors (Lipinski definition) is 4. The molecule has 124 valence electrons. The molecule has 2 aliphatic rings. The maximum atomic E-state index is 12.5. The number of ether oxygens (including phenoxy) is 1. The number of esters is 1. The summed E-state index contributed by atoms with van der Waals surface area (Å²) in [6.45, 7) is 1.35. The Kier molecular flexibility index (Phi) is 4.66. The van der Waals surface area contributed by atoms with Gasteiger partial charge in [0.2, 0.25) is 0 Å². The summed E-state index contributed by atoms with van der Waals surface area (Å²) in [7, 11) is 1.44. The first-order chi connectivity index (χ1) is 11.1. The van der Waals surface area contributed by atoms with Gasteiger partial charge in [-0.05, 0) is 48.8 Å². The first-order valence-corrected chi connectivity index (χ1v) is 8.22. The summed E-state index contributed by atoms with van der Waals surface area (Å²) in [4.78, 5) is 26.0. The quantitative estimate of drug-likeness (QED) is 0.864. The van der Waals surface area contributed by atoms with E-state index in [1.54, 1.807) is 6.07 Å². The minimum Gasteiger partial charge on any atom is -0.469 e. The maximum Gasteiger partial charge on any atom is 0.308 e. The topological polar surface area (TPSA) is 66.8 Å². The molecule has 0 bridgehead atoms. The second-order valence-corrected chi connectivity index (χ2v) is 6.58. The summed E-state index contributed by atoms with van der Waals surface area (Å²) in [5.74, 6) is 0.427. The van der Waals surface area contributed by atoms with E-state index < -0.39 is 0 Å². The zero-order valence-corrected chi connectivity index (χ0v) is 13.5. The summed E-state index contributed by atoms with van der Waals surface area (Å²) < 4.78 is 4.82. The van der Waals surface area contributed by atoms with Crippen LogP contribution in [0.4, 0.5) is 0 Å². The molecule has 5 nitrogen and oxygen atoms in total. The Morgan fingerprint density at radius 1 is 1.30 bits per heavy atom. The van der Waals surface area contributed by atoms with Gasteiger partial charge in [0.05, 0.1) is 19.6 Å². The Morgan fingerprint density at radius 3 is 2.70 bits per heavy atom. The van der Waals surface area contributed by atoms with E-state index in [0.717, 1.165) is 48.9 Å². The van der Waals surface area contributed by atoms with Crippen LogP contribution in [0.2, 0.25) is 0 Å². The first-order valence-electron chi connectivity index (χ1n) is 8.22. The zero-order chi connectivity index (χ0) is 16.4. The molecule has 1 aromatic rings. The minimum atomic E-state index is -0.107. The average molecular weight is 317 g/mol. The van der Waals surface area contributed by atoms with Crippen LogP contribution in [0.5, 0.6) is 0 Å². The third-order valence-electron chi connectivity index (χ3n) is 5.10. The van der Waals surface area contributed by atoms with Crippen molar-refractivity contribution in [3.05, 3.63) is 34.9 Å². The molecule has 1 fully saturated rings. The molecule has 0 saturated heterocycles. The Morgan fingerprint density at radius 2 is 2.04 bits per heavy atom. The van der Waals surface area contributed by atoms with Gasteiger partial charge in [-0.2, -0.15) is 0 Å². The van der Waals surface area contributed by atoms with Gasteiger partial charge in [0.25, 0.3) is 5.91 Å². The molecule has 1 saturated carbocycles. The van der Waals surface area contributed by atoms with E-state index >= 15 is 0 Å². The van der Waals surface area contributed by atoms with Gasteiger partial charge in [0.15, 0.2) is 0 Å². The molecular weight excluding hydrogens is 294 g/mol. The molecule has 23 heavy (non-hydrogen) atoms. The lowest BCUT2D eigenvalue weighted by Crippen LogP contribution is -2.33. The smallest absolute Gasteiger partial charge is 0.308 e. The van der Waals surface area contributed by atoms with E-state index in [-0.39, 0.29) is 24.4 Å². The molecule has 1 aromatic carbocycles. The number of amides is 1. The highest BCUT2D eigenvalue weighted by atomic mass is 16.5. The van der Waals surface area contributed by atoms with Crippen molar-refractivity contribution in [1.29, 1.82) is 0 Å². The van der Waals surface area contributed by atoms with Crippen LogP contribution in [0.3, 0.4) is 0 Å². The average Bonchev–Trinajstić information content (AvgIpc) is 2.90. The molecule has 1 amide bonds. The number of aliphatic hydroxyl groups is 1. The Labute approximate surface area is 136 Å². The standard InChI is InChI=1S/C18H23NO4/c1-23-18(22)14-5-2-12(3-6-14)9-19-10-15-7-4-13(11-20)8-16(15)17(19)21/h4,7-8,12,14,20H,2-3,5-6,9-11H2,1H3. The van der Waals surface area contributed by atoms with Crippen LogP contribution in [0.1, 0.15) is 47.2 Å². The highest BCUT2D eigenvalue weighted by molar-refractivity contribution is 5.98. The van der Waals surface area contributed by atoms with Crippen molar-refractivity contribution in [2.45, 2.75) is 38.8 Å². The van der Waals surface area contributed by atoms with E-state index in [1.807, 2.05) is 17.0 Å². The second kappa shape index (κ2) is 6.71. The van der Waals surface area contributed by atoms with E-state index in [0.29, 0.717) is 12.5 Å².